The first-order valence-electron chi connectivity index (χ1n) is 5.71. The van der Waals surface area contributed by atoms with Gasteiger partial charge in [-0.1, -0.05) is 19.4 Å². The summed E-state index contributed by atoms with van der Waals surface area (Å²) in [6.07, 6.45) is 3.95. The first-order valence-corrected chi connectivity index (χ1v) is 5.71. The van der Waals surface area contributed by atoms with Gasteiger partial charge in [-0.3, -0.25) is 0 Å². The quantitative estimate of drug-likeness (QED) is 0.796. The van der Waals surface area contributed by atoms with E-state index in [9.17, 15) is 0 Å². The topological polar surface area (TPSA) is 37.0 Å². The molecule has 3 nitrogen and oxygen atoms in total. The maximum atomic E-state index is 4.47. The second kappa shape index (κ2) is 4.51. The van der Waals surface area contributed by atoms with Gasteiger partial charge in [0.15, 0.2) is 0 Å². The number of hydrogen-bond acceptors (Lipinski definition) is 3. The van der Waals surface area contributed by atoms with E-state index in [1.54, 1.807) is 0 Å². The van der Waals surface area contributed by atoms with Gasteiger partial charge in [-0.25, -0.2) is 4.98 Å². The van der Waals surface area contributed by atoms with Crippen LogP contribution in [0.3, 0.4) is 0 Å². The Hall–Kier alpha value is -1.25. The van der Waals surface area contributed by atoms with Gasteiger partial charge in [0.1, 0.15) is 11.6 Å². The van der Waals surface area contributed by atoms with Crippen LogP contribution in [-0.2, 0) is 0 Å². The molecule has 0 spiro atoms. The van der Waals surface area contributed by atoms with Gasteiger partial charge < -0.3 is 10.6 Å². The molecule has 0 saturated heterocycles. The molecule has 15 heavy (non-hydrogen) atoms. The minimum absolute atomic E-state index is 0.601. The van der Waals surface area contributed by atoms with Crippen molar-refractivity contribution < 1.29 is 0 Å². The number of pyridine rings is 1. The third-order valence-corrected chi connectivity index (χ3v) is 3.20. The SMILES string of the molecule is CNc1cccc(NC2CCCC2C)n1. The van der Waals surface area contributed by atoms with E-state index in [4.69, 9.17) is 0 Å². The van der Waals surface area contributed by atoms with Crippen molar-refractivity contribution in [3.05, 3.63) is 18.2 Å². The maximum Gasteiger partial charge on any atom is 0.128 e. The average molecular weight is 205 g/mol. The molecule has 1 aliphatic rings. The Balaban J connectivity index is 2.03. The van der Waals surface area contributed by atoms with E-state index >= 15 is 0 Å². The van der Waals surface area contributed by atoms with Gasteiger partial charge in [0, 0.05) is 13.1 Å². The third kappa shape index (κ3) is 2.41. The van der Waals surface area contributed by atoms with Gasteiger partial charge in [-0.2, -0.15) is 0 Å². The molecular weight excluding hydrogens is 186 g/mol. The van der Waals surface area contributed by atoms with E-state index in [0.717, 1.165) is 17.6 Å². The van der Waals surface area contributed by atoms with Crippen LogP contribution in [0.25, 0.3) is 0 Å². The van der Waals surface area contributed by atoms with Gasteiger partial charge in [0.2, 0.25) is 0 Å². The van der Waals surface area contributed by atoms with E-state index in [2.05, 4.69) is 22.5 Å². The van der Waals surface area contributed by atoms with Crippen molar-refractivity contribution in [2.75, 3.05) is 17.7 Å². The van der Waals surface area contributed by atoms with Crippen LogP contribution in [0, 0.1) is 5.92 Å². The number of nitrogens with zero attached hydrogens (tertiary/aromatic N) is 1. The molecule has 0 radical (unpaired) electrons. The molecule has 2 atom stereocenters. The molecule has 1 aromatic rings. The summed E-state index contributed by atoms with van der Waals surface area (Å²) in [6, 6.07) is 6.64. The van der Waals surface area contributed by atoms with Crippen LogP contribution in [0.1, 0.15) is 26.2 Å². The van der Waals surface area contributed by atoms with Crippen LogP contribution in [0.2, 0.25) is 0 Å². The highest BCUT2D eigenvalue weighted by Crippen LogP contribution is 2.27. The summed E-state index contributed by atoms with van der Waals surface area (Å²) in [5, 5.41) is 6.57. The summed E-state index contributed by atoms with van der Waals surface area (Å²) in [7, 11) is 1.89. The van der Waals surface area contributed by atoms with Crippen LogP contribution in [0.4, 0.5) is 11.6 Å². The van der Waals surface area contributed by atoms with E-state index in [0.29, 0.717) is 6.04 Å². The lowest BCUT2D eigenvalue weighted by Gasteiger charge is -2.18. The first-order chi connectivity index (χ1) is 7.29. The Bertz CT molecular complexity index is 324. The summed E-state index contributed by atoms with van der Waals surface area (Å²) >= 11 is 0. The molecular formula is C12H19N3. The average Bonchev–Trinajstić information content (AvgIpc) is 2.65. The van der Waals surface area contributed by atoms with Crippen molar-refractivity contribution in [1.29, 1.82) is 0 Å². The number of anilines is 2. The van der Waals surface area contributed by atoms with Gasteiger partial charge in [-0.15, -0.1) is 0 Å². The fourth-order valence-corrected chi connectivity index (χ4v) is 2.20. The van der Waals surface area contributed by atoms with E-state index < -0.39 is 0 Å². The number of rotatable bonds is 3. The highest BCUT2D eigenvalue weighted by Gasteiger charge is 2.23. The zero-order valence-electron chi connectivity index (χ0n) is 9.46. The standard InChI is InChI=1S/C12H19N3/c1-9-5-3-6-10(9)14-12-8-4-7-11(13-2)15-12/h4,7-10H,3,5-6H2,1-2H3,(H2,13,14,15). The van der Waals surface area contributed by atoms with Gasteiger partial charge >= 0.3 is 0 Å². The fraction of sp³-hybridized carbons (Fsp3) is 0.583. The molecule has 0 aliphatic heterocycles. The lowest BCUT2D eigenvalue weighted by molar-refractivity contribution is 0.555. The van der Waals surface area contributed by atoms with Crippen molar-refractivity contribution in [2.45, 2.75) is 32.2 Å². The number of aromatic nitrogens is 1. The number of nitrogens with one attached hydrogen (secondary N) is 2. The van der Waals surface area contributed by atoms with Crippen LogP contribution >= 0.6 is 0 Å². The second-order valence-electron chi connectivity index (χ2n) is 4.32. The molecule has 2 rings (SSSR count). The maximum absolute atomic E-state index is 4.47. The molecule has 82 valence electrons. The monoisotopic (exact) mass is 205 g/mol. The third-order valence-electron chi connectivity index (χ3n) is 3.20. The minimum atomic E-state index is 0.601. The molecule has 1 aromatic heterocycles. The van der Waals surface area contributed by atoms with Crippen LogP contribution < -0.4 is 10.6 Å². The van der Waals surface area contributed by atoms with E-state index in [1.807, 2.05) is 25.2 Å². The highest BCUT2D eigenvalue weighted by atomic mass is 15.1. The summed E-state index contributed by atoms with van der Waals surface area (Å²) in [5.41, 5.74) is 0. The molecule has 1 fully saturated rings. The summed E-state index contributed by atoms with van der Waals surface area (Å²) < 4.78 is 0. The predicted octanol–water partition coefficient (Wildman–Crippen LogP) is 2.72. The smallest absolute Gasteiger partial charge is 0.128 e. The predicted molar refractivity (Wildman–Crippen MR) is 64.2 cm³/mol. The molecule has 2 unspecified atom stereocenters. The van der Waals surface area contributed by atoms with Crippen LogP contribution in [0.15, 0.2) is 18.2 Å². The van der Waals surface area contributed by atoms with Gasteiger partial charge in [0.25, 0.3) is 0 Å². The molecule has 3 heteroatoms. The molecule has 0 aromatic carbocycles. The molecule has 2 N–H and O–H groups in total. The second-order valence-corrected chi connectivity index (χ2v) is 4.32. The minimum Gasteiger partial charge on any atom is -0.373 e. The summed E-state index contributed by atoms with van der Waals surface area (Å²) in [4.78, 5) is 4.47. The zero-order valence-corrected chi connectivity index (χ0v) is 9.46. The Morgan fingerprint density at radius 2 is 2.07 bits per heavy atom. The Morgan fingerprint density at radius 3 is 2.73 bits per heavy atom. The largest absolute Gasteiger partial charge is 0.373 e. The molecule has 1 heterocycles. The van der Waals surface area contributed by atoms with Crippen molar-refractivity contribution >= 4 is 11.6 Å². The van der Waals surface area contributed by atoms with Crippen molar-refractivity contribution in [1.82, 2.24) is 4.98 Å². The lowest BCUT2D eigenvalue weighted by atomic mass is 10.1. The van der Waals surface area contributed by atoms with E-state index in [1.165, 1.54) is 19.3 Å². The van der Waals surface area contributed by atoms with Crippen molar-refractivity contribution in [3.63, 3.8) is 0 Å². The Kier molecular flexibility index (Phi) is 3.09. The fourth-order valence-electron chi connectivity index (χ4n) is 2.20. The van der Waals surface area contributed by atoms with E-state index in [-0.39, 0.29) is 0 Å². The summed E-state index contributed by atoms with van der Waals surface area (Å²) in [5.74, 6) is 2.68. The normalized spacial score (nSPS) is 25.2. The Morgan fingerprint density at radius 1 is 1.27 bits per heavy atom. The highest BCUT2D eigenvalue weighted by molar-refractivity contribution is 5.45. The molecule has 1 aliphatic carbocycles. The summed E-state index contributed by atoms with van der Waals surface area (Å²) in [6.45, 7) is 2.31. The van der Waals surface area contributed by atoms with Crippen LogP contribution in [-0.4, -0.2) is 18.1 Å². The lowest BCUT2D eigenvalue weighted by Crippen LogP contribution is -2.22. The number of hydrogen-bond donors (Lipinski definition) is 2. The first kappa shape index (κ1) is 10.3. The molecule has 0 amide bonds. The van der Waals surface area contributed by atoms with Crippen molar-refractivity contribution in [3.8, 4) is 0 Å². The van der Waals surface area contributed by atoms with Crippen molar-refractivity contribution in [2.24, 2.45) is 5.92 Å². The van der Waals surface area contributed by atoms with Gasteiger partial charge in [0.05, 0.1) is 0 Å². The van der Waals surface area contributed by atoms with Gasteiger partial charge in [-0.05, 0) is 30.9 Å². The Labute approximate surface area is 91.3 Å². The molecule has 1 saturated carbocycles. The molecule has 0 bridgehead atoms. The zero-order chi connectivity index (χ0) is 10.7. The van der Waals surface area contributed by atoms with Crippen LogP contribution in [0.5, 0.6) is 0 Å².